The van der Waals surface area contributed by atoms with Gasteiger partial charge in [0.05, 0.1) is 5.56 Å². The van der Waals surface area contributed by atoms with Crippen LogP contribution in [0.25, 0.3) is 0 Å². The first-order chi connectivity index (χ1) is 13.7. The van der Waals surface area contributed by atoms with Gasteiger partial charge in [-0.3, -0.25) is 14.8 Å². The Balaban J connectivity index is 2.20. The van der Waals surface area contributed by atoms with Gasteiger partial charge >= 0.3 is 6.36 Å². The summed E-state index contributed by atoms with van der Waals surface area (Å²) in [6.07, 6.45) is -4.78. The van der Waals surface area contributed by atoms with E-state index in [4.69, 9.17) is 10.9 Å². The number of carbonyl (C=O) groups excluding carboxylic acids is 2. The highest BCUT2D eigenvalue weighted by Crippen LogP contribution is 2.22. The van der Waals surface area contributed by atoms with E-state index in [1.807, 2.05) is 0 Å². The van der Waals surface area contributed by atoms with Crippen LogP contribution in [0, 0.1) is 11.8 Å². The fourth-order valence-electron chi connectivity index (χ4n) is 2.21. The third-order valence-corrected chi connectivity index (χ3v) is 3.57. The van der Waals surface area contributed by atoms with Gasteiger partial charge < -0.3 is 15.8 Å². The van der Waals surface area contributed by atoms with Crippen molar-refractivity contribution in [3.8, 4) is 17.6 Å². The average Bonchev–Trinajstić information content (AvgIpc) is 2.69. The number of hydroxylamine groups is 1. The molecule has 152 valence electrons. The van der Waals surface area contributed by atoms with E-state index in [2.05, 4.69) is 21.9 Å². The minimum Gasteiger partial charge on any atom is -0.406 e. The average molecular weight is 407 g/mol. The number of hydrogen-bond donors (Lipinski definition) is 4. The summed E-state index contributed by atoms with van der Waals surface area (Å²) in [4.78, 5) is 23.9. The lowest BCUT2D eigenvalue weighted by Crippen LogP contribution is -2.50. The van der Waals surface area contributed by atoms with Crippen molar-refractivity contribution in [2.24, 2.45) is 5.73 Å². The van der Waals surface area contributed by atoms with Crippen LogP contribution in [0.2, 0.25) is 0 Å². The minimum atomic E-state index is -4.78. The van der Waals surface area contributed by atoms with Crippen LogP contribution in [-0.2, 0) is 4.79 Å². The molecular formula is C19H16F3N3O4. The molecule has 0 saturated heterocycles. The molecule has 2 rings (SSSR count). The SMILES string of the molecule is NC[C@H](NC(=O)c1ccccc1C#Cc1ccc(OC(F)(F)F)cc1)C(=O)NO. The van der Waals surface area contributed by atoms with E-state index >= 15 is 0 Å². The molecule has 0 saturated carbocycles. The number of alkyl halides is 3. The van der Waals surface area contributed by atoms with E-state index in [1.165, 1.54) is 23.7 Å². The third-order valence-electron chi connectivity index (χ3n) is 3.57. The summed E-state index contributed by atoms with van der Waals surface area (Å²) in [5, 5.41) is 11.0. The van der Waals surface area contributed by atoms with E-state index in [0.717, 1.165) is 12.1 Å². The molecule has 2 amide bonds. The Morgan fingerprint density at radius 3 is 2.34 bits per heavy atom. The first-order valence-electron chi connectivity index (χ1n) is 8.15. The number of amides is 2. The number of ether oxygens (including phenoxy) is 1. The van der Waals surface area contributed by atoms with Crippen molar-refractivity contribution in [3.63, 3.8) is 0 Å². The molecule has 5 N–H and O–H groups in total. The first-order valence-corrected chi connectivity index (χ1v) is 8.15. The third kappa shape index (κ3) is 6.53. The van der Waals surface area contributed by atoms with Crippen molar-refractivity contribution in [1.82, 2.24) is 10.8 Å². The predicted molar refractivity (Wildman–Crippen MR) is 95.8 cm³/mol. The second-order valence-electron chi connectivity index (χ2n) is 5.61. The smallest absolute Gasteiger partial charge is 0.406 e. The second kappa shape index (κ2) is 9.59. The molecule has 2 aromatic rings. The van der Waals surface area contributed by atoms with E-state index in [-0.39, 0.29) is 17.9 Å². The summed E-state index contributed by atoms with van der Waals surface area (Å²) in [6.45, 7) is -0.238. The lowest BCUT2D eigenvalue weighted by atomic mass is 10.1. The highest BCUT2D eigenvalue weighted by molar-refractivity contribution is 5.99. The molecule has 10 heteroatoms. The fraction of sp³-hybridized carbons (Fsp3) is 0.158. The Morgan fingerprint density at radius 2 is 1.76 bits per heavy atom. The Bertz CT molecular complexity index is 934. The van der Waals surface area contributed by atoms with E-state index in [0.29, 0.717) is 11.1 Å². The lowest BCUT2D eigenvalue weighted by molar-refractivity contribution is -0.274. The van der Waals surface area contributed by atoms with Gasteiger partial charge in [-0.25, -0.2) is 5.48 Å². The number of benzene rings is 2. The second-order valence-corrected chi connectivity index (χ2v) is 5.61. The van der Waals surface area contributed by atoms with E-state index in [1.54, 1.807) is 18.2 Å². The van der Waals surface area contributed by atoms with Gasteiger partial charge in [0.1, 0.15) is 11.8 Å². The van der Waals surface area contributed by atoms with Gasteiger partial charge in [0.2, 0.25) is 0 Å². The predicted octanol–water partition coefficient (Wildman–Crippen LogP) is 1.55. The van der Waals surface area contributed by atoms with Crippen molar-refractivity contribution >= 4 is 11.8 Å². The summed E-state index contributed by atoms with van der Waals surface area (Å²) in [6, 6.07) is 10.0. The maximum Gasteiger partial charge on any atom is 0.573 e. The monoisotopic (exact) mass is 407 g/mol. The van der Waals surface area contributed by atoms with Gasteiger partial charge in [-0.1, -0.05) is 24.0 Å². The lowest BCUT2D eigenvalue weighted by Gasteiger charge is -2.15. The Labute approximate surface area is 163 Å². The number of carbonyl (C=O) groups is 2. The Kier molecular flexibility index (Phi) is 7.19. The van der Waals surface area contributed by atoms with Gasteiger partial charge in [-0.05, 0) is 36.4 Å². The van der Waals surface area contributed by atoms with Gasteiger partial charge in [0.25, 0.3) is 11.8 Å². The van der Waals surface area contributed by atoms with Crippen LogP contribution in [-0.4, -0.2) is 36.0 Å². The quantitative estimate of drug-likeness (QED) is 0.341. The number of nitrogens with two attached hydrogens (primary N) is 1. The molecule has 2 aromatic carbocycles. The fourth-order valence-corrected chi connectivity index (χ4v) is 2.21. The summed E-state index contributed by atoms with van der Waals surface area (Å²) in [5.41, 5.74) is 7.69. The van der Waals surface area contributed by atoms with Crippen LogP contribution >= 0.6 is 0 Å². The molecule has 7 nitrogen and oxygen atoms in total. The van der Waals surface area contributed by atoms with Gasteiger partial charge in [0, 0.05) is 17.7 Å². The van der Waals surface area contributed by atoms with Crippen molar-refractivity contribution in [2.45, 2.75) is 12.4 Å². The van der Waals surface area contributed by atoms with E-state index in [9.17, 15) is 22.8 Å². The van der Waals surface area contributed by atoms with Gasteiger partial charge in [-0.2, -0.15) is 0 Å². The molecule has 0 aromatic heterocycles. The zero-order valence-electron chi connectivity index (χ0n) is 14.8. The van der Waals surface area contributed by atoms with Crippen molar-refractivity contribution < 1.29 is 32.7 Å². The van der Waals surface area contributed by atoms with Crippen molar-refractivity contribution in [2.75, 3.05) is 6.54 Å². The van der Waals surface area contributed by atoms with Crippen LogP contribution in [0.4, 0.5) is 13.2 Å². The Morgan fingerprint density at radius 1 is 1.10 bits per heavy atom. The van der Waals surface area contributed by atoms with Crippen LogP contribution in [0.15, 0.2) is 48.5 Å². The molecule has 0 heterocycles. The zero-order chi connectivity index (χ0) is 21.4. The highest BCUT2D eigenvalue weighted by Gasteiger charge is 2.30. The summed E-state index contributed by atoms with van der Waals surface area (Å²) >= 11 is 0. The van der Waals surface area contributed by atoms with Crippen molar-refractivity contribution in [1.29, 1.82) is 0 Å². The van der Waals surface area contributed by atoms with E-state index < -0.39 is 24.2 Å². The molecule has 29 heavy (non-hydrogen) atoms. The van der Waals surface area contributed by atoms with Crippen LogP contribution in [0.1, 0.15) is 21.5 Å². The summed E-state index contributed by atoms with van der Waals surface area (Å²) in [7, 11) is 0. The number of nitrogens with one attached hydrogen (secondary N) is 2. The molecule has 0 fully saturated rings. The first kappa shape index (κ1) is 21.7. The maximum absolute atomic E-state index is 12.4. The zero-order valence-corrected chi connectivity index (χ0v) is 14.8. The topological polar surface area (TPSA) is 114 Å². The molecule has 0 aliphatic carbocycles. The molecule has 0 bridgehead atoms. The van der Waals surface area contributed by atoms with Crippen molar-refractivity contribution in [3.05, 3.63) is 65.2 Å². The highest BCUT2D eigenvalue weighted by atomic mass is 19.4. The number of hydrogen-bond acceptors (Lipinski definition) is 5. The summed E-state index contributed by atoms with van der Waals surface area (Å²) in [5.74, 6) is 3.61. The minimum absolute atomic E-state index is 0.154. The van der Waals surface area contributed by atoms with Crippen LogP contribution < -0.4 is 21.3 Å². The standard InChI is InChI=1S/C19H16F3N3O4/c20-19(21,22)29-14-9-6-12(7-10-14)5-8-13-3-1-2-4-15(13)17(26)24-16(11-23)18(27)25-28/h1-4,6-7,9-10,16,28H,11,23H2,(H,24,26)(H,25,27)/t16-/m0/s1. The molecule has 0 aliphatic heterocycles. The largest absolute Gasteiger partial charge is 0.573 e. The molecule has 0 aliphatic rings. The number of rotatable bonds is 5. The van der Waals surface area contributed by atoms with Crippen LogP contribution in [0.3, 0.4) is 0 Å². The van der Waals surface area contributed by atoms with Gasteiger partial charge in [-0.15, -0.1) is 13.2 Å². The molecule has 0 unspecified atom stereocenters. The van der Waals surface area contributed by atoms with Gasteiger partial charge in [0.15, 0.2) is 0 Å². The molecular weight excluding hydrogens is 391 g/mol. The molecule has 0 radical (unpaired) electrons. The Hall–Kier alpha value is -3.55. The molecule has 0 spiro atoms. The van der Waals surface area contributed by atoms with Crippen LogP contribution in [0.5, 0.6) is 5.75 Å². The maximum atomic E-state index is 12.4. The normalized spacial score (nSPS) is 11.6. The molecule has 1 atom stereocenters. The number of halogens is 3. The summed E-state index contributed by atoms with van der Waals surface area (Å²) < 4.78 is 40.3.